The Morgan fingerprint density at radius 3 is 1.95 bits per heavy atom. The quantitative estimate of drug-likeness (QED) is 0.627. The molecule has 1 aromatic carbocycles. The van der Waals surface area contributed by atoms with Crippen LogP contribution in [0.25, 0.3) is 0 Å². The van der Waals surface area contributed by atoms with Gasteiger partial charge < -0.3 is 9.84 Å². The highest BCUT2D eigenvalue weighted by Crippen LogP contribution is 2.51. The summed E-state index contributed by atoms with van der Waals surface area (Å²) in [5.74, 6) is -12.0. The van der Waals surface area contributed by atoms with Gasteiger partial charge in [-0.25, -0.2) is 0 Å². The molecular weight excluding hydrogens is 321 g/mol. The molecule has 0 heterocycles. The second kappa shape index (κ2) is 6.15. The number of hydrogen-bond acceptors (Lipinski definition) is 2. The van der Waals surface area contributed by atoms with E-state index in [1.807, 2.05) is 0 Å². The first-order valence-corrected chi connectivity index (χ1v) is 5.79. The molecule has 0 saturated carbocycles. The Kier molecular flexibility index (Phi) is 5.11. The lowest BCUT2D eigenvalue weighted by molar-refractivity contribution is -0.372. The van der Waals surface area contributed by atoms with Crippen molar-refractivity contribution in [1.29, 1.82) is 0 Å². The molecule has 1 rings (SSSR count). The summed E-state index contributed by atoms with van der Waals surface area (Å²) in [5.41, 5.74) is -0.806. The number of aliphatic hydroxyl groups excluding tert-OH is 1. The molecule has 0 aromatic heterocycles. The van der Waals surface area contributed by atoms with Gasteiger partial charge >= 0.3 is 18.0 Å². The van der Waals surface area contributed by atoms with Gasteiger partial charge in [0.25, 0.3) is 0 Å². The topological polar surface area (TPSA) is 29.5 Å². The molecule has 0 radical (unpaired) electrons. The van der Waals surface area contributed by atoms with Gasteiger partial charge in [0, 0.05) is 0 Å². The molecule has 1 N–H and O–H groups in total. The van der Waals surface area contributed by atoms with Gasteiger partial charge in [-0.1, -0.05) is 24.8 Å². The Balaban J connectivity index is 3.03. The Morgan fingerprint density at radius 1 is 1.05 bits per heavy atom. The van der Waals surface area contributed by atoms with E-state index in [1.165, 1.54) is 6.08 Å². The van der Waals surface area contributed by atoms with Crippen LogP contribution < -0.4 is 4.74 Å². The normalized spacial score (nSPS) is 14.5. The van der Waals surface area contributed by atoms with Crippen LogP contribution in [0, 0.1) is 0 Å². The van der Waals surface area contributed by atoms with Crippen LogP contribution in [0.15, 0.2) is 36.9 Å². The van der Waals surface area contributed by atoms with Crippen LogP contribution in [0.5, 0.6) is 5.75 Å². The van der Waals surface area contributed by atoms with Crippen molar-refractivity contribution < 1.29 is 40.6 Å². The highest BCUT2D eigenvalue weighted by atomic mass is 19.4. The van der Waals surface area contributed by atoms with Crippen molar-refractivity contribution in [2.45, 2.75) is 24.1 Å². The summed E-state index contributed by atoms with van der Waals surface area (Å²) in [6.45, 7) is 3.42. The van der Waals surface area contributed by atoms with Crippen molar-refractivity contribution in [2.75, 3.05) is 6.61 Å². The fourth-order valence-electron chi connectivity index (χ4n) is 1.47. The average Bonchev–Trinajstić information content (AvgIpc) is 2.43. The van der Waals surface area contributed by atoms with Crippen LogP contribution in [0.3, 0.4) is 0 Å². The monoisotopic (exact) mass is 332 g/mol. The van der Waals surface area contributed by atoms with Crippen LogP contribution in [-0.4, -0.2) is 29.7 Å². The molecule has 22 heavy (non-hydrogen) atoms. The fraction of sp³-hybridized carbons (Fsp3) is 0.385. The maximum absolute atomic E-state index is 13.3. The van der Waals surface area contributed by atoms with E-state index in [2.05, 4.69) is 6.58 Å². The molecule has 0 aliphatic carbocycles. The molecule has 0 bridgehead atoms. The largest absolute Gasteiger partial charge is 0.490 e. The fourth-order valence-corrected chi connectivity index (χ4v) is 1.47. The van der Waals surface area contributed by atoms with Gasteiger partial charge in [0.05, 0.1) is 0 Å². The highest BCUT2D eigenvalue weighted by molar-refractivity contribution is 5.30. The molecule has 1 atom stereocenters. The molecule has 1 unspecified atom stereocenters. The van der Waals surface area contributed by atoms with E-state index in [1.54, 1.807) is 0 Å². The minimum absolute atomic E-state index is 0.0736. The van der Waals surface area contributed by atoms with Gasteiger partial charge in [-0.15, -0.1) is 0 Å². The van der Waals surface area contributed by atoms with E-state index in [0.29, 0.717) is 0 Å². The molecular formula is C13H11F7O2. The van der Waals surface area contributed by atoms with Gasteiger partial charge in [-0.05, 0) is 17.7 Å². The maximum Gasteiger partial charge on any atom is 0.459 e. The minimum Gasteiger partial charge on any atom is -0.490 e. The van der Waals surface area contributed by atoms with Gasteiger partial charge in [-0.3, -0.25) is 0 Å². The lowest BCUT2D eigenvalue weighted by Crippen LogP contribution is -2.54. The van der Waals surface area contributed by atoms with Crippen LogP contribution in [0.4, 0.5) is 30.7 Å². The number of ether oxygens (including phenoxy) is 1. The predicted molar refractivity (Wildman–Crippen MR) is 63.0 cm³/mol. The Morgan fingerprint density at radius 2 is 1.55 bits per heavy atom. The smallest absolute Gasteiger partial charge is 0.459 e. The molecule has 0 aliphatic heterocycles. The van der Waals surface area contributed by atoms with E-state index >= 15 is 0 Å². The van der Waals surface area contributed by atoms with E-state index in [9.17, 15) is 35.8 Å². The highest BCUT2D eigenvalue weighted by Gasteiger charge is 2.75. The lowest BCUT2D eigenvalue weighted by Gasteiger charge is -2.31. The summed E-state index contributed by atoms with van der Waals surface area (Å²) in [7, 11) is 0. The standard InChI is InChI=1S/C13H11F7O2/c1-2-7-22-9-5-3-8(4-6-9)10(21)11(14,15)12(16,17)13(18,19)20/h2-6,10,21H,1,7H2. The van der Waals surface area contributed by atoms with Crippen LogP contribution in [0.1, 0.15) is 11.7 Å². The Bertz CT molecular complexity index is 508. The summed E-state index contributed by atoms with van der Waals surface area (Å²) >= 11 is 0. The molecule has 124 valence electrons. The summed E-state index contributed by atoms with van der Waals surface area (Å²) in [4.78, 5) is 0. The Labute approximate surface area is 120 Å². The first-order valence-electron chi connectivity index (χ1n) is 5.79. The predicted octanol–water partition coefficient (Wildman–Crippen LogP) is 4.12. The number of alkyl halides is 7. The first-order chi connectivity index (χ1) is 9.95. The van der Waals surface area contributed by atoms with Gasteiger partial charge in [0.2, 0.25) is 0 Å². The third-order valence-corrected chi connectivity index (χ3v) is 2.68. The third kappa shape index (κ3) is 3.34. The van der Waals surface area contributed by atoms with E-state index < -0.39 is 29.7 Å². The molecule has 2 nitrogen and oxygen atoms in total. The summed E-state index contributed by atoms with van der Waals surface area (Å²) in [6.07, 6.45) is -8.46. The van der Waals surface area contributed by atoms with E-state index in [0.717, 1.165) is 24.3 Å². The first kappa shape index (κ1) is 18.3. The van der Waals surface area contributed by atoms with Gasteiger partial charge in [0.15, 0.2) is 0 Å². The number of rotatable bonds is 6. The van der Waals surface area contributed by atoms with Crippen molar-refractivity contribution in [3.05, 3.63) is 42.5 Å². The van der Waals surface area contributed by atoms with Crippen molar-refractivity contribution in [3.8, 4) is 5.75 Å². The third-order valence-electron chi connectivity index (χ3n) is 2.68. The summed E-state index contributed by atoms with van der Waals surface area (Å²) in [5, 5.41) is 9.23. The number of aliphatic hydroxyl groups is 1. The minimum atomic E-state index is -6.50. The molecule has 0 fully saturated rings. The number of benzene rings is 1. The van der Waals surface area contributed by atoms with Crippen molar-refractivity contribution >= 4 is 0 Å². The van der Waals surface area contributed by atoms with Crippen LogP contribution in [-0.2, 0) is 0 Å². The summed E-state index contributed by atoms with van der Waals surface area (Å²) < 4.78 is 93.4. The van der Waals surface area contributed by atoms with Crippen molar-refractivity contribution in [1.82, 2.24) is 0 Å². The molecule has 9 heteroatoms. The second-order valence-electron chi connectivity index (χ2n) is 4.27. The molecule has 0 saturated heterocycles. The zero-order chi connectivity index (χ0) is 17.2. The van der Waals surface area contributed by atoms with Crippen LogP contribution in [0.2, 0.25) is 0 Å². The SMILES string of the molecule is C=CCOc1ccc(C(O)C(F)(F)C(F)(F)C(F)(F)F)cc1. The maximum atomic E-state index is 13.3. The van der Waals surface area contributed by atoms with Crippen molar-refractivity contribution in [3.63, 3.8) is 0 Å². The second-order valence-corrected chi connectivity index (χ2v) is 4.27. The molecule has 0 spiro atoms. The zero-order valence-electron chi connectivity index (χ0n) is 10.9. The summed E-state index contributed by atoms with van der Waals surface area (Å²) in [6, 6.07) is 3.63. The van der Waals surface area contributed by atoms with Gasteiger partial charge in [0.1, 0.15) is 18.5 Å². The van der Waals surface area contributed by atoms with Crippen LogP contribution >= 0.6 is 0 Å². The number of halogens is 7. The molecule has 1 aromatic rings. The zero-order valence-corrected chi connectivity index (χ0v) is 10.9. The van der Waals surface area contributed by atoms with E-state index in [4.69, 9.17) is 4.74 Å². The number of hydrogen-bond donors (Lipinski definition) is 1. The Hall–Kier alpha value is -1.77. The van der Waals surface area contributed by atoms with E-state index in [-0.39, 0.29) is 12.4 Å². The molecule has 0 amide bonds. The van der Waals surface area contributed by atoms with Crippen molar-refractivity contribution in [2.24, 2.45) is 0 Å². The average molecular weight is 332 g/mol. The lowest BCUT2D eigenvalue weighted by atomic mass is 9.98. The molecule has 0 aliphatic rings. The van der Waals surface area contributed by atoms with Gasteiger partial charge in [-0.2, -0.15) is 30.7 Å².